The third-order valence-corrected chi connectivity index (χ3v) is 4.87. The van der Waals surface area contributed by atoms with E-state index in [-0.39, 0.29) is 12.2 Å². The molecule has 0 bridgehead atoms. The van der Waals surface area contributed by atoms with Crippen molar-refractivity contribution in [1.82, 2.24) is 9.38 Å². The van der Waals surface area contributed by atoms with Crippen LogP contribution in [0.1, 0.15) is 36.5 Å². The standard InChI is InChI=1S/C20H21N3O3/c1-2-26-20(25)15-13-21-18-12-17(22-10-6-3-7-11-22)14-8-4-5-9-16(14)23(18)19(15)24/h4-5,8-9,12-13H,2-3,6-7,10-11H2,1H3. The van der Waals surface area contributed by atoms with Crippen LogP contribution in [0.2, 0.25) is 0 Å². The molecule has 1 aliphatic heterocycles. The quantitative estimate of drug-likeness (QED) is 0.536. The van der Waals surface area contributed by atoms with Gasteiger partial charge in [0.1, 0.15) is 11.2 Å². The summed E-state index contributed by atoms with van der Waals surface area (Å²) in [6.07, 6.45) is 4.91. The minimum Gasteiger partial charge on any atom is -0.462 e. The number of hydrogen-bond donors (Lipinski definition) is 0. The molecule has 0 atom stereocenters. The Morgan fingerprint density at radius 3 is 2.73 bits per heavy atom. The van der Waals surface area contributed by atoms with E-state index in [2.05, 4.69) is 9.88 Å². The van der Waals surface area contributed by atoms with Crippen molar-refractivity contribution in [3.05, 3.63) is 52.4 Å². The van der Waals surface area contributed by atoms with E-state index in [1.54, 1.807) is 6.92 Å². The first-order valence-corrected chi connectivity index (χ1v) is 9.06. The van der Waals surface area contributed by atoms with Crippen LogP contribution in [-0.2, 0) is 4.74 Å². The van der Waals surface area contributed by atoms with Crippen molar-refractivity contribution in [2.24, 2.45) is 0 Å². The number of nitrogens with zero attached hydrogens (tertiary/aromatic N) is 3. The minimum atomic E-state index is -0.636. The van der Waals surface area contributed by atoms with Gasteiger partial charge >= 0.3 is 5.97 Å². The molecule has 0 radical (unpaired) electrons. The van der Waals surface area contributed by atoms with Gasteiger partial charge in [-0.1, -0.05) is 18.2 Å². The van der Waals surface area contributed by atoms with E-state index < -0.39 is 11.5 Å². The van der Waals surface area contributed by atoms with Gasteiger partial charge in [-0.15, -0.1) is 0 Å². The highest BCUT2D eigenvalue weighted by Crippen LogP contribution is 2.30. The van der Waals surface area contributed by atoms with Crippen LogP contribution in [0.3, 0.4) is 0 Å². The number of fused-ring (bicyclic) bond motifs is 3. The van der Waals surface area contributed by atoms with E-state index >= 15 is 0 Å². The van der Waals surface area contributed by atoms with E-state index in [1.165, 1.54) is 29.9 Å². The maximum atomic E-state index is 13.0. The van der Waals surface area contributed by atoms with E-state index in [0.717, 1.165) is 29.7 Å². The normalized spacial score (nSPS) is 14.7. The lowest BCUT2D eigenvalue weighted by Gasteiger charge is -2.30. The summed E-state index contributed by atoms with van der Waals surface area (Å²) >= 11 is 0. The number of para-hydroxylation sites is 1. The van der Waals surface area contributed by atoms with E-state index in [9.17, 15) is 9.59 Å². The van der Waals surface area contributed by atoms with Crippen molar-refractivity contribution in [1.29, 1.82) is 0 Å². The number of hydrogen-bond acceptors (Lipinski definition) is 5. The summed E-state index contributed by atoms with van der Waals surface area (Å²) in [4.78, 5) is 31.8. The zero-order chi connectivity index (χ0) is 18.1. The molecule has 4 rings (SSSR count). The first kappa shape index (κ1) is 16.6. The number of carbonyl (C=O) groups is 1. The lowest BCUT2D eigenvalue weighted by atomic mass is 10.1. The molecule has 2 aromatic heterocycles. The molecule has 0 amide bonds. The fourth-order valence-electron chi connectivity index (χ4n) is 3.63. The van der Waals surface area contributed by atoms with Crippen molar-refractivity contribution < 1.29 is 9.53 Å². The minimum absolute atomic E-state index is 0.0415. The summed E-state index contributed by atoms with van der Waals surface area (Å²) in [5.74, 6) is -0.636. The van der Waals surface area contributed by atoms with Gasteiger partial charge in [0.05, 0.1) is 12.1 Å². The number of anilines is 1. The Morgan fingerprint density at radius 2 is 1.96 bits per heavy atom. The van der Waals surface area contributed by atoms with Crippen molar-refractivity contribution in [3.63, 3.8) is 0 Å². The zero-order valence-electron chi connectivity index (χ0n) is 14.8. The fraction of sp³-hybridized carbons (Fsp3) is 0.350. The smallest absolute Gasteiger partial charge is 0.345 e. The van der Waals surface area contributed by atoms with Gasteiger partial charge in [-0.3, -0.25) is 9.20 Å². The third kappa shape index (κ3) is 2.71. The summed E-state index contributed by atoms with van der Waals surface area (Å²) in [5, 5.41) is 0.992. The highest BCUT2D eigenvalue weighted by Gasteiger charge is 2.19. The Balaban J connectivity index is 1.98. The molecular formula is C20H21N3O3. The molecule has 26 heavy (non-hydrogen) atoms. The lowest BCUT2D eigenvalue weighted by molar-refractivity contribution is 0.0523. The largest absolute Gasteiger partial charge is 0.462 e. The summed E-state index contributed by atoms with van der Waals surface area (Å²) in [5.41, 5.74) is 1.96. The number of carbonyl (C=O) groups excluding carboxylic acids is 1. The van der Waals surface area contributed by atoms with Gasteiger partial charge in [0, 0.05) is 36.4 Å². The third-order valence-electron chi connectivity index (χ3n) is 4.87. The molecule has 1 fully saturated rings. The SMILES string of the molecule is CCOC(=O)c1cnc2cc(N3CCCCC3)c3ccccc3n2c1=O. The van der Waals surface area contributed by atoms with Gasteiger partial charge in [-0.25, -0.2) is 9.78 Å². The van der Waals surface area contributed by atoms with E-state index in [0.29, 0.717) is 5.65 Å². The van der Waals surface area contributed by atoms with Crippen LogP contribution in [-0.4, -0.2) is 35.1 Å². The topological polar surface area (TPSA) is 63.9 Å². The van der Waals surface area contributed by atoms with Crippen LogP contribution in [0.5, 0.6) is 0 Å². The van der Waals surface area contributed by atoms with Crippen molar-refractivity contribution in [3.8, 4) is 0 Å². The van der Waals surface area contributed by atoms with Gasteiger partial charge in [0.2, 0.25) is 0 Å². The summed E-state index contributed by atoms with van der Waals surface area (Å²) in [6.45, 7) is 3.94. The second-order valence-corrected chi connectivity index (χ2v) is 6.49. The predicted octanol–water partition coefficient (Wildman–Crippen LogP) is 3.01. The van der Waals surface area contributed by atoms with Crippen LogP contribution < -0.4 is 10.5 Å². The Morgan fingerprint density at radius 1 is 1.19 bits per heavy atom. The van der Waals surface area contributed by atoms with E-state index in [4.69, 9.17) is 4.74 Å². The molecule has 0 unspecified atom stereocenters. The summed E-state index contributed by atoms with van der Waals surface area (Å²) < 4.78 is 6.50. The second-order valence-electron chi connectivity index (χ2n) is 6.49. The first-order chi connectivity index (χ1) is 12.7. The maximum Gasteiger partial charge on any atom is 0.345 e. The predicted molar refractivity (Wildman–Crippen MR) is 101 cm³/mol. The monoisotopic (exact) mass is 351 g/mol. The van der Waals surface area contributed by atoms with Crippen LogP contribution in [0.4, 0.5) is 5.69 Å². The molecule has 6 heteroatoms. The van der Waals surface area contributed by atoms with Crippen LogP contribution >= 0.6 is 0 Å². The number of esters is 1. The highest BCUT2D eigenvalue weighted by molar-refractivity contribution is 5.95. The van der Waals surface area contributed by atoms with Crippen LogP contribution in [0, 0.1) is 0 Å². The number of benzene rings is 1. The first-order valence-electron chi connectivity index (χ1n) is 9.06. The molecule has 6 nitrogen and oxygen atoms in total. The molecule has 0 aliphatic carbocycles. The summed E-state index contributed by atoms with van der Waals surface area (Å²) in [7, 11) is 0. The lowest BCUT2D eigenvalue weighted by Crippen LogP contribution is -2.30. The molecule has 1 aromatic carbocycles. The van der Waals surface area contributed by atoms with Crippen LogP contribution in [0.15, 0.2) is 41.3 Å². The highest BCUT2D eigenvalue weighted by atomic mass is 16.5. The summed E-state index contributed by atoms with van der Waals surface area (Å²) in [6, 6.07) is 9.72. The fourth-order valence-corrected chi connectivity index (χ4v) is 3.63. The second kappa shape index (κ2) is 6.78. The molecular weight excluding hydrogens is 330 g/mol. The zero-order valence-corrected chi connectivity index (χ0v) is 14.8. The molecule has 0 N–H and O–H groups in total. The van der Waals surface area contributed by atoms with Gasteiger partial charge in [-0.2, -0.15) is 0 Å². The molecule has 0 saturated carbocycles. The maximum absolute atomic E-state index is 13.0. The van der Waals surface area contributed by atoms with Crippen molar-refractivity contribution in [2.45, 2.75) is 26.2 Å². The number of ether oxygens (including phenoxy) is 1. The average Bonchev–Trinajstić information content (AvgIpc) is 2.68. The molecule has 134 valence electrons. The van der Waals surface area contributed by atoms with Crippen molar-refractivity contribution in [2.75, 3.05) is 24.6 Å². The van der Waals surface area contributed by atoms with Gasteiger partial charge in [0.15, 0.2) is 0 Å². The number of pyridine rings is 1. The molecule has 0 spiro atoms. The van der Waals surface area contributed by atoms with Gasteiger partial charge in [0.25, 0.3) is 5.56 Å². The van der Waals surface area contributed by atoms with Gasteiger partial charge < -0.3 is 9.64 Å². The van der Waals surface area contributed by atoms with E-state index in [1.807, 2.05) is 30.3 Å². The Labute approximate surface area is 151 Å². The molecule has 1 aliphatic rings. The number of aromatic nitrogens is 2. The molecule has 3 heterocycles. The van der Waals surface area contributed by atoms with Crippen molar-refractivity contribution >= 4 is 28.2 Å². The number of rotatable bonds is 3. The van der Waals surface area contributed by atoms with Crippen LogP contribution in [0.25, 0.3) is 16.6 Å². The molecule has 1 saturated heterocycles. The van der Waals surface area contributed by atoms with Gasteiger partial charge in [-0.05, 0) is 32.3 Å². The Hall–Kier alpha value is -2.89. The molecule has 3 aromatic rings. The Bertz CT molecular complexity index is 1040. The Kier molecular flexibility index (Phi) is 4.32. The average molecular weight is 351 g/mol. The number of piperidine rings is 1.